The molecule has 0 aromatic heterocycles. The number of anilines is 1. The van der Waals surface area contributed by atoms with Gasteiger partial charge in [-0.15, -0.1) is 0 Å². The molecular weight excluding hydrogens is 284 g/mol. The van der Waals surface area contributed by atoms with Gasteiger partial charge in [-0.05, 0) is 38.5 Å². The Kier molecular flexibility index (Phi) is 5.80. The maximum Gasteiger partial charge on any atom is 0.274 e. The molecule has 2 rings (SSSR count). The molecule has 120 valence electrons. The van der Waals surface area contributed by atoms with Crippen LogP contribution in [0.1, 0.15) is 30.6 Å². The molecule has 0 spiro atoms. The van der Waals surface area contributed by atoms with Crippen molar-refractivity contribution in [2.75, 3.05) is 31.4 Å². The number of allylic oxidation sites excluding steroid dienone is 1. The molecule has 1 aliphatic rings. The lowest BCUT2D eigenvalue weighted by atomic mass is 10.1. The highest BCUT2D eigenvalue weighted by Gasteiger charge is 2.17. The fourth-order valence-electron chi connectivity index (χ4n) is 2.24. The zero-order chi connectivity index (χ0) is 15.9. The Labute approximate surface area is 130 Å². The number of nitrogens with zero attached hydrogens (tertiary/aromatic N) is 1. The fourth-order valence-corrected chi connectivity index (χ4v) is 2.24. The number of amides is 1. The summed E-state index contributed by atoms with van der Waals surface area (Å²) in [6.07, 6.45) is 3.03. The van der Waals surface area contributed by atoms with Crippen molar-refractivity contribution in [1.29, 1.82) is 0 Å². The number of hydroxylamine groups is 1. The number of nitrogens with one attached hydrogen (secondary N) is 1. The highest BCUT2D eigenvalue weighted by molar-refractivity contribution is 5.94. The lowest BCUT2D eigenvalue weighted by molar-refractivity contribution is 0.0705. The molecule has 6 nitrogen and oxygen atoms in total. The summed E-state index contributed by atoms with van der Waals surface area (Å²) in [4.78, 5) is 13.6. The van der Waals surface area contributed by atoms with Crippen LogP contribution in [0, 0.1) is 0 Å². The molecule has 1 amide bonds. The number of hydrogen-bond donors (Lipinski definition) is 2. The second kappa shape index (κ2) is 7.82. The molecule has 1 heterocycles. The molecule has 0 bridgehead atoms. The van der Waals surface area contributed by atoms with Gasteiger partial charge in [0.1, 0.15) is 19.1 Å². The van der Waals surface area contributed by atoms with E-state index in [2.05, 4.69) is 19.9 Å². The van der Waals surface area contributed by atoms with Crippen molar-refractivity contribution in [3.8, 4) is 5.75 Å². The molecule has 1 aliphatic heterocycles. The summed E-state index contributed by atoms with van der Waals surface area (Å²) >= 11 is 0. The number of rotatable bonds is 4. The van der Waals surface area contributed by atoms with E-state index in [1.807, 2.05) is 4.90 Å². The van der Waals surface area contributed by atoms with E-state index in [1.165, 1.54) is 5.57 Å². The van der Waals surface area contributed by atoms with Gasteiger partial charge in [-0.2, -0.15) is 0 Å². The first-order chi connectivity index (χ1) is 10.6. The maximum atomic E-state index is 11.6. The molecule has 2 N–H and O–H groups in total. The van der Waals surface area contributed by atoms with E-state index in [9.17, 15) is 4.79 Å². The smallest absolute Gasteiger partial charge is 0.274 e. The molecular formula is C16H22N2O4. The number of carbonyl (C=O) groups excluding carboxylic acids is 1. The van der Waals surface area contributed by atoms with Gasteiger partial charge in [0.05, 0.1) is 12.3 Å². The lowest BCUT2D eigenvalue weighted by Gasteiger charge is -2.29. The van der Waals surface area contributed by atoms with E-state index < -0.39 is 5.91 Å². The van der Waals surface area contributed by atoms with Crippen LogP contribution in [0.25, 0.3) is 0 Å². The Morgan fingerprint density at radius 1 is 1.41 bits per heavy atom. The summed E-state index contributed by atoms with van der Waals surface area (Å²) in [7, 11) is 0. The minimum absolute atomic E-state index is 0.373. The van der Waals surface area contributed by atoms with E-state index in [0.717, 1.165) is 24.4 Å². The van der Waals surface area contributed by atoms with E-state index in [0.29, 0.717) is 25.5 Å². The molecule has 0 unspecified atom stereocenters. The van der Waals surface area contributed by atoms with Crippen molar-refractivity contribution in [1.82, 2.24) is 5.48 Å². The predicted octanol–water partition coefficient (Wildman–Crippen LogP) is 2.33. The predicted molar refractivity (Wildman–Crippen MR) is 83.4 cm³/mol. The third-order valence-corrected chi connectivity index (χ3v) is 3.35. The average molecular weight is 306 g/mol. The number of fused-ring (bicyclic) bond motifs is 1. The molecule has 0 saturated heterocycles. The second-order valence-corrected chi connectivity index (χ2v) is 5.34. The van der Waals surface area contributed by atoms with Gasteiger partial charge >= 0.3 is 0 Å². The number of carbonyl (C=O) groups is 1. The van der Waals surface area contributed by atoms with Gasteiger partial charge in [0.2, 0.25) is 0 Å². The molecule has 0 saturated carbocycles. The topological polar surface area (TPSA) is 71.0 Å². The quantitative estimate of drug-likeness (QED) is 0.507. The molecule has 0 radical (unpaired) electrons. The van der Waals surface area contributed by atoms with Crippen molar-refractivity contribution >= 4 is 11.6 Å². The van der Waals surface area contributed by atoms with Gasteiger partial charge in [0, 0.05) is 12.1 Å². The molecule has 0 atom stereocenters. The second-order valence-electron chi connectivity index (χ2n) is 5.34. The first kappa shape index (κ1) is 16.3. The first-order valence-corrected chi connectivity index (χ1v) is 7.29. The molecule has 22 heavy (non-hydrogen) atoms. The van der Waals surface area contributed by atoms with Crippen molar-refractivity contribution in [3.05, 3.63) is 35.4 Å². The Morgan fingerprint density at radius 2 is 2.23 bits per heavy atom. The third-order valence-electron chi connectivity index (χ3n) is 3.35. The summed E-state index contributed by atoms with van der Waals surface area (Å²) in [5, 5.41) is 8.78. The van der Waals surface area contributed by atoms with Crippen LogP contribution in [0.2, 0.25) is 0 Å². The Bertz CT molecular complexity index is 553. The zero-order valence-electron chi connectivity index (χ0n) is 13.0. The van der Waals surface area contributed by atoms with Gasteiger partial charge in [0.25, 0.3) is 5.91 Å². The van der Waals surface area contributed by atoms with Crippen molar-refractivity contribution in [2.24, 2.45) is 0 Å². The normalized spacial score (nSPS) is 14.2. The fraction of sp³-hybridized carbons (Fsp3) is 0.438. The van der Waals surface area contributed by atoms with E-state index in [1.54, 1.807) is 23.7 Å². The van der Waals surface area contributed by atoms with Crippen LogP contribution in [0.4, 0.5) is 5.69 Å². The largest absolute Gasteiger partial charge is 0.489 e. The van der Waals surface area contributed by atoms with Crippen molar-refractivity contribution in [3.63, 3.8) is 0 Å². The van der Waals surface area contributed by atoms with Crippen LogP contribution in [0.3, 0.4) is 0 Å². The SMILES string of the molecule is CC(C)=CCCN1COCCOc2ccc(C(=O)NO)cc21. The average Bonchev–Trinajstić information content (AvgIpc) is 2.49. The highest BCUT2D eigenvalue weighted by Crippen LogP contribution is 2.31. The van der Waals surface area contributed by atoms with Gasteiger partial charge in [0.15, 0.2) is 0 Å². The highest BCUT2D eigenvalue weighted by atomic mass is 16.5. The lowest BCUT2D eigenvalue weighted by Crippen LogP contribution is -2.31. The van der Waals surface area contributed by atoms with E-state index >= 15 is 0 Å². The van der Waals surface area contributed by atoms with E-state index in [4.69, 9.17) is 14.7 Å². The molecule has 1 aromatic rings. The Morgan fingerprint density at radius 3 is 2.95 bits per heavy atom. The first-order valence-electron chi connectivity index (χ1n) is 7.29. The van der Waals surface area contributed by atoms with Crippen LogP contribution >= 0.6 is 0 Å². The van der Waals surface area contributed by atoms with Gasteiger partial charge < -0.3 is 14.4 Å². The number of ether oxygens (including phenoxy) is 2. The van der Waals surface area contributed by atoms with Crippen LogP contribution < -0.4 is 15.1 Å². The van der Waals surface area contributed by atoms with Crippen LogP contribution in [0.15, 0.2) is 29.8 Å². The zero-order valence-corrected chi connectivity index (χ0v) is 13.0. The van der Waals surface area contributed by atoms with Gasteiger partial charge in [-0.25, -0.2) is 5.48 Å². The number of benzene rings is 1. The monoisotopic (exact) mass is 306 g/mol. The summed E-state index contributed by atoms with van der Waals surface area (Å²) < 4.78 is 11.2. The minimum Gasteiger partial charge on any atom is -0.489 e. The van der Waals surface area contributed by atoms with Crippen molar-refractivity contribution < 1.29 is 19.5 Å². The van der Waals surface area contributed by atoms with Crippen LogP contribution in [-0.2, 0) is 4.74 Å². The van der Waals surface area contributed by atoms with Gasteiger partial charge in [-0.1, -0.05) is 11.6 Å². The minimum atomic E-state index is -0.546. The summed E-state index contributed by atoms with van der Waals surface area (Å²) in [6, 6.07) is 5.08. The Hall–Kier alpha value is -2.05. The number of hydrogen-bond acceptors (Lipinski definition) is 5. The molecule has 6 heteroatoms. The van der Waals surface area contributed by atoms with Gasteiger partial charge in [-0.3, -0.25) is 10.0 Å². The van der Waals surface area contributed by atoms with E-state index in [-0.39, 0.29) is 0 Å². The third kappa shape index (κ3) is 4.22. The summed E-state index contributed by atoms with van der Waals surface area (Å²) in [5.41, 5.74) is 4.08. The summed E-state index contributed by atoms with van der Waals surface area (Å²) in [5.74, 6) is 0.171. The molecule has 0 fully saturated rings. The maximum absolute atomic E-state index is 11.6. The molecule has 0 aliphatic carbocycles. The molecule has 1 aromatic carbocycles. The standard InChI is InChI=1S/C16H22N2O4/c1-12(2)4-3-7-18-11-21-8-9-22-15-6-5-13(10-14(15)18)16(19)17-20/h4-6,10,20H,3,7-9,11H2,1-2H3,(H,17,19). The van der Waals surface area contributed by atoms with Crippen LogP contribution in [0.5, 0.6) is 5.75 Å². The Balaban J connectivity index is 2.27. The van der Waals surface area contributed by atoms with Crippen molar-refractivity contribution in [2.45, 2.75) is 20.3 Å². The van der Waals surface area contributed by atoms with Crippen LogP contribution in [-0.4, -0.2) is 37.6 Å². The summed E-state index contributed by atoms with van der Waals surface area (Å²) in [6.45, 7) is 6.32.